The summed E-state index contributed by atoms with van der Waals surface area (Å²) in [6, 6.07) is 0.000231. The molecule has 0 radical (unpaired) electrons. The molecule has 6 nitrogen and oxygen atoms in total. The normalized spacial score (nSPS) is 25.5. The Morgan fingerprint density at radius 1 is 1.37 bits per heavy atom. The number of nitrogens with zero attached hydrogens (tertiary/aromatic N) is 4. The number of carbonyl (C=O) groups excluding carboxylic acids is 1. The monoisotopic (exact) mass is 266 g/mol. The molecule has 2 rings (SSSR count). The zero-order chi connectivity index (χ0) is 14.0. The molecule has 1 N–H and O–H groups in total. The Kier molecular flexibility index (Phi) is 4.01. The summed E-state index contributed by atoms with van der Waals surface area (Å²) in [5.74, 6) is -0.104. The van der Waals surface area contributed by atoms with Crippen molar-refractivity contribution in [3.63, 3.8) is 0 Å². The molecular formula is C13H22N4O2. The van der Waals surface area contributed by atoms with Gasteiger partial charge in [0.2, 0.25) is 0 Å². The van der Waals surface area contributed by atoms with Crippen molar-refractivity contribution in [1.29, 1.82) is 0 Å². The molecule has 0 bridgehead atoms. The van der Waals surface area contributed by atoms with Crippen molar-refractivity contribution in [2.24, 2.45) is 0 Å². The van der Waals surface area contributed by atoms with E-state index in [0.29, 0.717) is 6.42 Å². The molecule has 1 aromatic rings. The van der Waals surface area contributed by atoms with Crippen LogP contribution in [0.5, 0.6) is 0 Å². The SMILES string of the molecule is CC(C)(C)N1CCC(n2cnnc2)CC1C(=O)CO. The maximum atomic E-state index is 12.0. The van der Waals surface area contributed by atoms with Gasteiger partial charge in [0, 0.05) is 18.1 Å². The molecule has 1 aliphatic heterocycles. The molecule has 2 heterocycles. The summed E-state index contributed by atoms with van der Waals surface area (Å²) >= 11 is 0. The first-order valence-electron chi connectivity index (χ1n) is 6.68. The van der Waals surface area contributed by atoms with Gasteiger partial charge >= 0.3 is 0 Å². The van der Waals surface area contributed by atoms with Crippen molar-refractivity contribution in [1.82, 2.24) is 19.7 Å². The van der Waals surface area contributed by atoms with Gasteiger partial charge in [0.1, 0.15) is 19.3 Å². The Labute approximate surface area is 113 Å². The molecule has 0 aromatic carbocycles. The molecule has 2 atom stereocenters. The standard InChI is InChI=1S/C13H22N4O2/c1-13(2,3)17-5-4-10(16-8-14-15-9-16)6-11(17)12(19)7-18/h8-11,18H,4-7H2,1-3H3. The number of hydrogen-bond acceptors (Lipinski definition) is 5. The molecule has 0 saturated carbocycles. The fourth-order valence-corrected chi connectivity index (χ4v) is 2.83. The highest BCUT2D eigenvalue weighted by molar-refractivity contribution is 5.85. The van der Waals surface area contributed by atoms with Crippen LogP contribution in [0.3, 0.4) is 0 Å². The third-order valence-corrected chi connectivity index (χ3v) is 3.82. The molecule has 1 saturated heterocycles. The molecule has 1 aliphatic rings. The first-order chi connectivity index (χ1) is 8.93. The number of likely N-dealkylation sites (tertiary alicyclic amines) is 1. The number of rotatable bonds is 3. The molecule has 19 heavy (non-hydrogen) atoms. The summed E-state index contributed by atoms with van der Waals surface area (Å²) in [4.78, 5) is 14.2. The van der Waals surface area contributed by atoms with Gasteiger partial charge in [0.05, 0.1) is 6.04 Å². The van der Waals surface area contributed by atoms with Crippen molar-refractivity contribution in [2.75, 3.05) is 13.2 Å². The number of hydrogen-bond donors (Lipinski definition) is 1. The summed E-state index contributed by atoms with van der Waals surface area (Å²) in [6.07, 6.45) is 5.05. The second kappa shape index (κ2) is 5.38. The highest BCUT2D eigenvalue weighted by Crippen LogP contribution is 2.31. The van der Waals surface area contributed by atoms with E-state index in [1.807, 2.05) is 4.57 Å². The molecule has 1 aromatic heterocycles. The minimum Gasteiger partial charge on any atom is -0.389 e. The number of ketones is 1. The highest BCUT2D eigenvalue weighted by Gasteiger charge is 2.38. The van der Waals surface area contributed by atoms with Crippen molar-refractivity contribution in [3.8, 4) is 0 Å². The predicted molar refractivity (Wildman–Crippen MR) is 70.6 cm³/mol. The Morgan fingerprint density at radius 2 is 2.00 bits per heavy atom. The van der Waals surface area contributed by atoms with E-state index in [4.69, 9.17) is 0 Å². The van der Waals surface area contributed by atoms with Crippen LogP contribution >= 0.6 is 0 Å². The maximum absolute atomic E-state index is 12.0. The van der Waals surface area contributed by atoms with Crippen LogP contribution in [0.15, 0.2) is 12.7 Å². The van der Waals surface area contributed by atoms with E-state index in [1.165, 1.54) is 0 Å². The topological polar surface area (TPSA) is 71.2 Å². The Hall–Kier alpha value is -1.27. The largest absolute Gasteiger partial charge is 0.389 e. The second-order valence-electron chi connectivity index (χ2n) is 6.09. The molecule has 2 unspecified atom stereocenters. The quantitative estimate of drug-likeness (QED) is 0.869. The average Bonchev–Trinajstić information content (AvgIpc) is 2.90. The number of Topliss-reactive ketones (excluding diaryl/α,β-unsaturated/α-hetero) is 1. The predicted octanol–water partition coefficient (Wildman–Crippen LogP) is 0.643. The molecule has 0 aliphatic carbocycles. The van der Waals surface area contributed by atoms with Crippen LogP contribution in [0.25, 0.3) is 0 Å². The van der Waals surface area contributed by atoms with Crippen LogP contribution in [0, 0.1) is 0 Å². The van der Waals surface area contributed by atoms with Crippen LogP contribution in [-0.4, -0.2) is 55.3 Å². The van der Waals surface area contributed by atoms with Crippen molar-refractivity contribution in [3.05, 3.63) is 12.7 Å². The zero-order valence-electron chi connectivity index (χ0n) is 11.8. The zero-order valence-corrected chi connectivity index (χ0v) is 11.8. The summed E-state index contributed by atoms with van der Waals surface area (Å²) in [5, 5.41) is 16.8. The van der Waals surface area contributed by atoms with Gasteiger partial charge in [0.25, 0.3) is 0 Å². The van der Waals surface area contributed by atoms with Crippen molar-refractivity contribution < 1.29 is 9.90 Å². The van der Waals surface area contributed by atoms with Gasteiger partial charge in [-0.25, -0.2) is 0 Å². The van der Waals surface area contributed by atoms with E-state index in [9.17, 15) is 9.90 Å². The summed E-state index contributed by atoms with van der Waals surface area (Å²) in [5.41, 5.74) is -0.0757. The van der Waals surface area contributed by atoms with Crippen LogP contribution in [0.2, 0.25) is 0 Å². The van der Waals surface area contributed by atoms with Gasteiger partial charge in [-0.3, -0.25) is 9.69 Å². The fourth-order valence-electron chi connectivity index (χ4n) is 2.83. The molecule has 106 valence electrons. The van der Waals surface area contributed by atoms with Gasteiger partial charge in [-0.1, -0.05) is 0 Å². The van der Waals surface area contributed by atoms with Gasteiger partial charge in [-0.05, 0) is 33.6 Å². The lowest BCUT2D eigenvalue weighted by molar-refractivity contribution is -0.131. The van der Waals surface area contributed by atoms with E-state index >= 15 is 0 Å². The smallest absolute Gasteiger partial charge is 0.175 e. The number of piperidine rings is 1. The van der Waals surface area contributed by atoms with Gasteiger partial charge in [0.15, 0.2) is 5.78 Å². The van der Waals surface area contributed by atoms with Gasteiger partial charge < -0.3 is 9.67 Å². The second-order valence-corrected chi connectivity index (χ2v) is 6.09. The lowest BCUT2D eigenvalue weighted by Gasteiger charge is -2.46. The van der Waals surface area contributed by atoms with E-state index in [2.05, 4.69) is 35.9 Å². The lowest BCUT2D eigenvalue weighted by atomic mass is 9.89. The lowest BCUT2D eigenvalue weighted by Crippen LogP contribution is -2.56. The first kappa shape index (κ1) is 14.1. The van der Waals surface area contributed by atoms with Crippen LogP contribution in [0.1, 0.15) is 39.7 Å². The van der Waals surface area contributed by atoms with Gasteiger partial charge in [-0.15, -0.1) is 10.2 Å². The third kappa shape index (κ3) is 3.01. The van der Waals surface area contributed by atoms with E-state index in [-0.39, 0.29) is 23.4 Å². The number of aliphatic hydroxyl groups excluding tert-OH is 1. The Bertz CT molecular complexity index is 424. The third-order valence-electron chi connectivity index (χ3n) is 3.82. The van der Waals surface area contributed by atoms with Crippen LogP contribution in [-0.2, 0) is 4.79 Å². The number of aromatic nitrogens is 3. The highest BCUT2D eigenvalue weighted by atomic mass is 16.3. The minimum atomic E-state index is -0.397. The van der Waals surface area contributed by atoms with Crippen LogP contribution < -0.4 is 0 Å². The molecular weight excluding hydrogens is 244 g/mol. The van der Waals surface area contributed by atoms with Crippen molar-refractivity contribution in [2.45, 2.75) is 51.2 Å². The minimum absolute atomic E-state index is 0.0757. The van der Waals surface area contributed by atoms with E-state index in [0.717, 1.165) is 13.0 Å². The Morgan fingerprint density at radius 3 is 2.53 bits per heavy atom. The molecule has 0 spiro atoms. The maximum Gasteiger partial charge on any atom is 0.175 e. The van der Waals surface area contributed by atoms with Crippen molar-refractivity contribution >= 4 is 5.78 Å². The average molecular weight is 266 g/mol. The molecule has 1 fully saturated rings. The van der Waals surface area contributed by atoms with Gasteiger partial charge in [-0.2, -0.15) is 0 Å². The van der Waals surface area contributed by atoms with E-state index < -0.39 is 6.61 Å². The summed E-state index contributed by atoms with van der Waals surface area (Å²) < 4.78 is 1.96. The first-order valence-corrected chi connectivity index (χ1v) is 6.68. The Balaban J connectivity index is 2.18. The summed E-state index contributed by atoms with van der Waals surface area (Å²) in [7, 11) is 0. The fraction of sp³-hybridized carbons (Fsp3) is 0.769. The van der Waals surface area contributed by atoms with E-state index in [1.54, 1.807) is 12.7 Å². The number of aliphatic hydroxyl groups is 1. The molecule has 0 amide bonds. The molecule has 6 heteroatoms. The number of carbonyl (C=O) groups is 1. The van der Waals surface area contributed by atoms with Crippen LogP contribution in [0.4, 0.5) is 0 Å². The summed E-state index contributed by atoms with van der Waals surface area (Å²) in [6.45, 7) is 6.74.